The van der Waals surface area contributed by atoms with Crippen molar-refractivity contribution in [2.24, 2.45) is 5.73 Å². The van der Waals surface area contributed by atoms with Crippen molar-refractivity contribution in [3.8, 4) is 5.75 Å². The highest BCUT2D eigenvalue weighted by molar-refractivity contribution is 5.40. The highest BCUT2D eigenvalue weighted by Crippen LogP contribution is 2.31. The molecule has 1 aromatic carbocycles. The largest absolute Gasteiger partial charge is 0.491 e. The van der Waals surface area contributed by atoms with Crippen LogP contribution >= 0.6 is 0 Å². The smallest absolute Gasteiger partial charge is 0.119 e. The van der Waals surface area contributed by atoms with Crippen molar-refractivity contribution in [3.63, 3.8) is 0 Å². The number of aryl methyl sites for hydroxylation is 1. The van der Waals surface area contributed by atoms with Gasteiger partial charge in [0.1, 0.15) is 12.4 Å². The molecule has 0 aromatic heterocycles. The van der Waals surface area contributed by atoms with E-state index in [0.29, 0.717) is 6.61 Å². The third-order valence-electron chi connectivity index (χ3n) is 2.73. The van der Waals surface area contributed by atoms with Gasteiger partial charge in [-0.2, -0.15) is 0 Å². The normalized spacial score (nSPS) is 21.1. The van der Waals surface area contributed by atoms with Crippen molar-refractivity contribution >= 4 is 0 Å². The lowest BCUT2D eigenvalue weighted by Crippen LogP contribution is -2.13. The van der Waals surface area contributed by atoms with Crippen LogP contribution in [0.4, 0.5) is 0 Å². The zero-order valence-electron chi connectivity index (χ0n) is 8.94. The van der Waals surface area contributed by atoms with E-state index >= 15 is 0 Å². The standard InChI is InChI=1S/C12H17NO2/c1-8(14)7-15-10-3-4-11-9(6-10)2-5-12(11)13/h3-4,6,8,12,14H,2,5,7,13H2,1H3/t8?,12-/m1/s1. The van der Waals surface area contributed by atoms with Gasteiger partial charge in [-0.25, -0.2) is 0 Å². The van der Waals surface area contributed by atoms with E-state index in [1.807, 2.05) is 18.2 Å². The second-order valence-corrected chi connectivity index (χ2v) is 4.17. The summed E-state index contributed by atoms with van der Waals surface area (Å²) in [6.07, 6.45) is 1.62. The molecule has 2 atom stereocenters. The summed E-state index contributed by atoms with van der Waals surface area (Å²) in [7, 11) is 0. The van der Waals surface area contributed by atoms with Gasteiger partial charge in [0.2, 0.25) is 0 Å². The number of hydrogen-bond acceptors (Lipinski definition) is 3. The monoisotopic (exact) mass is 207 g/mol. The Balaban J connectivity index is 2.09. The Morgan fingerprint density at radius 3 is 3.13 bits per heavy atom. The molecule has 0 saturated carbocycles. The summed E-state index contributed by atoms with van der Waals surface area (Å²) in [5.41, 5.74) is 8.46. The minimum Gasteiger partial charge on any atom is -0.491 e. The first-order valence-corrected chi connectivity index (χ1v) is 5.36. The summed E-state index contributed by atoms with van der Waals surface area (Å²) in [5, 5.41) is 9.10. The van der Waals surface area contributed by atoms with Crippen molar-refractivity contribution < 1.29 is 9.84 Å². The molecular weight excluding hydrogens is 190 g/mol. The van der Waals surface area contributed by atoms with E-state index in [1.54, 1.807) is 6.92 Å². The SMILES string of the molecule is CC(O)COc1ccc2c(c1)CC[C@H]2N. The molecule has 0 amide bonds. The number of aliphatic hydroxyl groups is 1. The van der Waals surface area contributed by atoms with Crippen molar-refractivity contribution in [2.45, 2.75) is 31.9 Å². The second-order valence-electron chi connectivity index (χ2n) is 4.17. The molecule has 3 N–H and O–H groups in total. The molecule has 1 aliphatic rings. The first kappa shape index (κ1) is 10.5. The Kier molecular flexibility index (Phi) is 2.93. The van der Waals surface area contributed by atoms with Crippen LogP contribution in [0.3, 0.4) is 0 Å². The Hall–Kier alpha value is -1.06. The molecule has 3 nitrogen and oxygen atoms in total. The van der Waals surface area contributed by atoms with E-state index in [9.17, 15) is 0 Å². The number of ether oxygens (including phenoxy) is 1. The first-order valence-electron chi connectivity index (χ1n) is 5.36. The fraction of sp³-hybridized carbons (Fsp3) is 0.500. The Labute approximate surface area is 89.9 Å². The summed E-state index contributed by atoms with van der Waals surface area (Å²) in [6.45, 7) is 2.05. The van der Waals surface area contributed by atoms with Crippen molar-refractivity contribution in [3.05, 3.63) is 29.3 Å². The molecule has 0 radical (unpaired) electrons. The van der Waals surface area contributed by atoms with Crippen LogP contribution in [0.15, 0.2) is 18.2 Å². The second kappa shape index (κ2) is 4.21. The van der Waals surface area contributed by atoms with Crippen LogP contribution in [-0.2, 0) is 6.42 Å². The van der Waals surface area contributed by atoms with Gasteiger partial charge < -0.3 is 15.6 Å². The lowest BCUT2D eigenvalue weighted by Gasteiger charge is -2.10. The molecule has 1 unspecified atom stereocenters. The molecule has 2 rings (SSSR count). The maximum atomic E-state index is 9.10. The molecule has 0 bridgehead atoms. The molecule has 0 saturated heterocycles. The summed E-state index contributed by atoms with van der Waals surface area (Å²) in [4.78, 5) is 0. The zero-order valence-corrected chi connectivity index (χ0v) is 8.94. The molecule has 3 heteroatoms. The van der Waals surface area contributed by atoms with Gasteiger partial charge in [0, 0.05) is 6.04 Å². The number of rotatable bonds is 3. The van der Waals surface area contributed by atoms with Crippen LogP contribution in [0, 0.1) is 0 Å². The number of hydrogen-bond donors (Lipinski definition) is 2. The molecule has 0 aliphatic heterocycles. The Morgan fingerprint density at radius 2 is 2.40 bits per heavy atom. The van der Waals surface area contributed by atoms with Crippen LogP contribution in [0.1, 0.15) is 30.5 Å². The van der Waals surface area contributed by atoms with Crippen molar-refractivity contribution in [2.75, 3.05) is 6.61 Å². The minimum absolute atomic E-state index is 0.186. The number of benzene rings is 1. The van der Waals surface area contributed by atoms with Gasteiger partial charge in [0.05, 0.1) is 6.10 Å². The average Bonchev–Trinajstić information content (AvgIpc) is 2.57. The van der Waals surface area contributed by atoms with Crippen molar-refractivity contribution in [1.29, 1.82) is 0 Å². The van der Waals surface area contributed by atoms with E-state index in [0.717, 1.165) is 18.6 Å². The van der Waals surface area contributed by atoms with Crippen LogP contribution in [-0.4, -0.2) is 17.8 Å². The lowest BCUT2D eigenvalue weighted by molar-refractivity contribution is 0.122. The van der Waals surface area contributed by atoms with E-state index in [4.69, 9.17) is 15.6 Å². The van der Waals surface area contributed by atoms with Crippen LogP contribution < -0.4 is 10.5 Å². The highest BCUT2D eigenvalue weighted by Gasteiger charge is 2.18. The van der Waals surface area contributed by atoms with Crippen molar-refractivity contribution in [1.82, 2.24) is 0 Å². The predicted molar refractivity (Wildman–Crippen MR) is 58.9 cm³/mol. The molecule has 0 fully saturated rings. The molecule has 1 aliphatic carbocycles. The summed E-state index contributed by atoms with van der Waals surface area (Å²) in [5.74, 6) is 0.823. The quantitative estimate of drug-likeness (QED) is 0.787. The van der Waals surface area contributed by atoms with Crippen LogP contribution in [0.25, 0.3) is 0 Å². The average molecular weight is 207 g/mol. The van der Waals surface area contributed by atoms with Gasteiger partial charge in [0.25, 0.3) is 0 Å². The molecule has 0 spiro atoms. The van der Waals surface area contributed by atoms with E-state index in [2.05, 4.69) is 0 Å². The first-order chi connectivity index (χ1) is 7.16. The zero-order chi connectivity index (χ0) is 10.8. The summed E-state index contributed by atoms with van der Waals surface area (Å²) < 4.78 is 5.44. The molecule has 0 heterocycles. The van der Waals surface area contributed by atoms with Gasteiger partial charge in [-0.3, -0.25) is 0 Å². The highest BCUT2D eigenvalue weighted by atomic mass is 16.5. The number of fused-ring (bicyclic) bond motifs is 1. The maximum absolute atomic E-state index is 9.10. The lowest BCUT2D eigenvalue weighted by atomic mass is 10.1. The molecular formula is C12H17NO2. The van der Waals surface area contributed by atoms with Gasteiger partial charge in [0.15, 0.2) is 0 Å². The predicted octanol–water partition coefficient (Wildman–Crippen LogP) is 1.39. The number of aliphatic hydroxyl groups excluding tert-OH is 1. The Morgan fingerprint density at radius 1 is 1.60 bits per heavy atom. The maximum Gasteiger partial charge on any atom is 0.119 e. The fourth-order valence-electron chi connectivity index (χ4n) is 1.93. The van der Waals surface area contributed by atoms with Crippen LogP contribution in [0.5, 0.6) is 5.75 Å². The van der Waals surface area contributed by atoms with Gasteiger partial charge in [-0.05, 0) is 43.0 Å². The molecule has 15 heavy (non-hydrogen) atoms. The third kappa shape index (κ3) is 2.30. The van der Waals surface area contributed by atoms with Gasteiger partial charge in [-0.15, -0.1) is 0 Å². The van der Waals surface area contributed by atoms with Crippen LogP contribution in [0.2, 0.25) is 0 Å². The van der Waals surface area contributed by atoms with E-state index in [-0.39, 0.29) is 6.04 Å². The van der Waals surface area contributed by atoms with E-state index < -0.39 is 6.10 Å². The van der Waals surface area contributed by atoms with E-state index in [1.165, 1.54) is 11.1 Å². The van der Waals surface area contributed by atoms with Gasteiger partial charge in [-0.1, -0.05) is 6.07 Å². The summed E-state index contributed by atoms with van der Waals surface area (Å²) >= 11 is 0. The molecule has 82 valence electrons. The fourth-order valence-corrected chi connectivity index (χ4v) is 1.93. The third-order valence-corrected chi connectivity index (χ3v) is 2.73. The minimum atomic E-state index is -0.430. The topological polar surface area (TPSA) is 55.5 Å². The Bertz CT molecular complexity index is 349. The molecule has 1 aromatic rings. The van der Waals surface area contributed by atoms with Gasteiger partial charge >= 0.3 is 0 Å². The summed E-state index contributed by atoms with van der Waals surface area (Å²) in [6, 6.07) is 6.17. The number of nitrogens with two attached hydrogens (primary N) is 1.